The van der Waals surface area contributed by atoms with Crippen molar-refractivity contribution in [3.8, 4) is 5.75 Å². The molecule has 1 unspecified atom stereocenters. The predicted octanol–water partition coefficient (Wildman–Crippen LogP) is 4.01. The number of amides is 1. The molecule has 1 aliphatic heterocycles. The lowest BCUT2D eigenvalue weighted by molar-refractivity contribution is 0.0677. The molecule has 1 atom stereocenters. The number of nitrogens with one attached hydrogen (secondary N) is 1. The zero-order valence-corrected chi connectivity index (χ0v) is 15.1. The Morgan fingerprint density at radius 3 is 2.92 bits per heavy atom. The molecule has 2 heterocycles. The highest BCUT2D eigenvalue weighted by atomic mass is 16.5. The van der Waals surface area contributed by atoms with Crippen LogP contribution in [0.5, 0.6) is 5.75 Å². The highest BCUT2D eigenvalue weighted by Crippen LogP contribution is 2.29. The molecule has 1 amide bonds. The van der Waals surface area contributed by atoms with Crippen LogP contribution < -0.4 is 10.1 Å². The van der Waals surface area contributed by atoms with Gasteiger partial charge in [-0.25, -0.2) is 0 Å². The minimum absolute atomic E-state index is 0.00593. The van der Waals surface area contributed by atoms with E-state index < -0.39 is 0 Å². The largest absolute Gasteiger partial charge is 0.495 e. The quantitative estimate of drug-likeness (QED) is 0.914. The lowest BCUT2D eigenvalue weighted by Gasteiger charge is -2.30. The zero-order valence-electron chi connectivity index (χ0n) is 15.1. The van der Waals surface area contributed by atoms with E-state index in [9.17, 15) is 4.79 Å². The van der Waals surface area contributed by atoms with E-state index in [0.717, 1.165) is 42.2 Å². The van der Waals surface area contributed by atoms with Crippen LogP contribution in [0.2, 0.25) is 0 Å². The second-order valence-corrected chi connectivity index (χ2v) is 6.76. The fourth-order valence-corrected chi connectivity index (χ4v) is 3.24. The van der Waals surface area contributed by atoms with Gasteiger partial charge in [0.15, 0.2) is 0 Å². The first-order valence-corrected chi connectivity index (χ1v) is 8.74. The summed E-state index contributed by atoms with van der Waals surface area (Å²) in [7, 11) is 1.65. The Bertz CT molecular complexity index is 760. The number of aryl methyl sites for hydroxylation is 1. The average Bonchev–Trinajstić information content (AvgIpc) is 2.61. The van der Waals surface area contributed by atoms with Crippen LogP contribution in [0, 0.1) is 12.8 Å². The van der Waals surface area contributed by atoms with Crippen molar-refractivity contribution in [3.63, 3.8) is 0 Å². The molecule has 5 heteroatoms. The number of ether oxygens (including phenoxy) is 1. The third-order valence-electron chi connectivity index (χ3n) is 4.56. The van der Waals surface area contributed by atoms with Crippen molar-refractivity contribution in [2.75, 3.05) is 25.5 Å². The van der Waals surface area contributed by atoms with Gasteiger partial charge in [-0.05, 0) is 55.5 Å². The molecule has 1 fully saturated rings. The lowest BCUT2D eigenvalue weighted by atomic mass is 10.00. The summed E-state index contributed by atoms with van der Waals surface area (Å²) < 4.78 is 5.40. The Hall–Kier alpha value is -2.56. The van der Waals surface area contributed by atoms with Gasteiger partial charge in [0.25, 0.3) is 5.91 Å². The number of likely N-dealkylation sites (tertiary alicyclic amines) is 1. The maximum absolute atomic E-state index is 12.7. The predicted molar refractivity (Wildman–Crippen MR) is 99.6 cm³/mol. The van der Waals surface area contributed by atoms with Crippen molar-refractivity contribution in [1.29, 1.82) is 0 Å². The van der Waals surface area contributed by atoms with Gasteiger partial charge in [-0.15, -0.1) is 0 Å². The van der Waals surface area contributed by atoms with Gasteiger partial charge in [0.05, 0.1) is 12.8 Å². The summed E-state index contributed by atoms with van der Waals surface area (Å²) in [5, 5.41) is 3.34. The highest BCUT2D eigenvalue weighted by Gasteiger charge is 2.23. The van der Waals surface area contributed by atoms with Crippen LogP contribution in [0.4, 0.5) is 11.4 Å². The molecule has 5 nitrogen and oxygen atoms in total. The van der Waals surface area contributed by atoms with Crippen LogP contribution in [0.25, 0.3) is 0 Å². The molecule has 3 rings (SSSR count). The SMILES string of the molecule is COc1ccc(C)cc1Nc1ccnc(C(=O)N2CCCC(C)C2)c1. The van der Waals surface area contributed by atoms with Crippen molar-refractivity contribution >= 4 is 17.3 Å². The fourth-order valence-electron chi connectivity index (χ4n) is 3.24. The van der Waals surface area contributed by atoms with Gasteiger partial charge < -0.3 is 15.0 Å². The number of anilines is 2. The standard InChI is InChI=1S/C20H25N3O2/c1-14-6-7-19(25-3)17(11-14)22-16-8-9-21-18(12-16)20(24)23-10-4-5-15(2)13-23/h6-9,11-12,15H,4-5,10,13H2,1-3H3,(H,21,22). The van der Waals surface area contributed by atoms with E-state index >= 15 is 0 Å². The minimum atomic E-state index is 0.00593. The average molecular weight is 339 g/mol. The summed E-state index contributed by atoms with van der Waals surface area (Å²) in [6.07, 6.45) is 3.92. The molecule has 0 radical (unpaired) electrons. The van der Waals surface area contributed by atoms with Gasteiger partial charge in [0, 0.05) is 25.0 Å². The molecule has 1 N–H and O–H groups in total. The van der Waals surface area contributed by atoms with Gasteiger partial charge in [-0.1, -0.05) is 13.0 Å². The van der Waals surface area contributed by atoms with Gasteiger partial charge >= 0.3 is 0 Å². The molecule has 1 aliphatic rings. The number of methoxy groups -OCH3 is 1. The monoisotopic (exact) mass is 339 g/mol. The molecule has 0 aliphatic carbocycles. The van der Waals surface area contributed by atoms with Gasteiger partial charge in [-0.2, -0.15) is 0 Å². The number of piperidine rings is 1. The molecule has 132 valence electrons. The normalized spacial score (nSPS) is 17.2. The molecular formula is C20H25N3O2. The van der Waals surface area contributed by atoms with E-state index in [1.165, 1.54) is 6.42 Å². The third kappa shape index (κ3) is 4.10. The molecule has 1 aromatic carbocycles. The number of benzene rings is 1. The number of carbonyl (C=O) groups is 1. The lowest BCUT2D eigenvalue weighted by Crippen LogP contribution is -2.39. The number of nitrogens with zero attached hydrogens (tertiary/aromatic N) is 2. The van der Waals surface area contributed by atoms with Crippen LogP contribution in [0.1, 0.15) is 35.8 Å². The maximum Gasteiger partial charge on any atom is 0.272 e. The number of pyridine rings is 1. The topological polar surface area (TPSA) is 54.5 Å². The molecule has 1 aromatic heterocycles. The van der Waals surface area contributed by atoms with Crippen molar-refractivity contribution in [2.24, 2.45) is 5.92 Å². The van der Waals surface area contributed by atoms with E-state index in [4.69, 9.17) is 4.74 Å². The van der Waals surface area contributed by atoms with Gasteiger partial charge in [0.1, 0.15) is 11.4 Å². The Morgan fingerprint density at radius 1 is 1.32 bits per heavy atom. The van der Waals surface area contributed by atoms with Crippen LogP contribution >= 0.6 is 0 Å². The molecule has 25 heavy (non-hydrogen) atoms. The first kappa shape index (κ1) is 17.3. The number of hydrogen-bond acceptors (Lipinski definition) is 4. The van der Waals surface area contributed by atoms with E-state index in [0.29, 0.717) is 11.6 Å². The van der Waals surface area contributed by atoms with Crippen molar-refractivity contribution in [2.45, 2.75) is 26.7 Å². The molecule has 1 saturated heterocycles. The van der Waals surface area contributed by atoms with E-state index in [1.807, 2.05) is 42.2 Å². The van der Waals surface area contributed by atoms with Gasteiger partial charge in [-0.3, -0.25) is 9.78 Å². The van der Waals surface area contributed by atoms with Crippen molar-refractivity contribution < 1.29 is 9.53 Å². The minimum Gasteiger partial charge on any atom is -0.495 e. The Labute approximate surface area is 149 Å². The van der Waals surface area contributed by atoms with E-state index in [1.54, 1.807) is 13.3 Å². The van der Waals surface area contributed by atoms with Crippen molar-refractivity contribution in [3.05, 3.63) is 47.8 Å². The molecule has 0 spiro atoms. The summed E-state index contributed by atoms with van der Waals surface area (Å²) >= 11 is 0. The third-order valence-corrected chi connectivity index (χ3v) is 4.56. The first-order chi connectivity index (χ1) is 12.1. The number of carbonyl (C=O) groups excluding carboxylic acids is 1. The van der Waals surface area contributed by atoms with Gasteiger partial charge in [0.2, 0.25) is 0 Å². The van der Waals surface area contributed by atoms with E-state index in [2.05, 4.69) is 17.2 Å². The van der Waals surface area contributed by atoms with Crippen LogP contribution in [0.3, 0.4) is 0 Å². The Morgan fingerprint density at radius 2 is 2.16 bits per heavy atom. The molecule has 2 aromatic rings. The van der Waals surface area contributed by atoms with Crippen LogP contribution in [-0.2, 0) is 0 Å². The first-order valence-electron chi connectivity index (χ1n) is 8.74. The number of rotatable bonds is 4. The summed E-state index contributed by atoms with van der Waals surface area (Å²) in [5.41, 5.74) is 3.31. The number of aromatic nitrogens is 1. The highest BCUT2D eigenvalue weighted by molar-refractivity contribution is 5.93. The maximum atomic E-state index is 12.7. The molecular weight excluding hydrogens is 314 g/mol. The smallest absolute Gasteiger partial charge is 0.272 e. The van der Waals surface area contributed by atoms with Crippen LogP contribution in [-0.4, -0.2) is 36.0 Å². The molecule has 0 saturated carbocycles. The summed E-state index contributed by atoms with van der Waals surface area (Å²) in [6.45, 7) is 5.84. The van der Waals surface area contributed by atoms with Crippen molar-refractivity contribution in [1.82, 2.24) is 9.88 Å². The zero-order chi connectivity index (χ0) is 17.8. The molecule has 0 bridgehead atoms. The number of hydrogen-bond donors (Lipinski definition) is 1. The fraction of sp³-hybridized carbons (Fsp3) is 0.400. The summed E-state index contributed by atoms with van der Waals surface area (Å²) in [4.78, 5) is 18.9. The summed E-state index contributed by atoms with van der Waals surface area (Å²) in [5.74, 6) is 1.32. The van der Waals surface area contributed by atoms with E-state index in [-0.39, 0.29) is 5.91 Å². The summed E-state index contributed by atoms with van der Waals surface area (Å²) in [6, 6.07) is 9.62. The second kappa shape index (κ2) is 7.55. The Kier molecular flexibility index (Phi) is 5.22. The Balaban J connectivity index is 1.80. The van der Waals surface area contributed by atoms with Crippen LogP contribution in [0.15, 0.2) is 36.5 Å². The second-order valence-electron chi connectivity index (χ2n) is 6.76.